The molecule has 2 rings (SSSR count). The van der Waals surface area contributed by atoms with Crippen molar-refractivity contribution in [2.24, 2.45) is 5.14 Å². The predicted octanol–water partition coefficient (Wildman–Crippen LogP) is 2.40. The molecule has 0 aliphatic rings. The summed E-state index contributed by atoms with van der Waals surface area (Å²) in [6.45, 7) is 1.61. The lowest BCUT2D eigenvalue weighted by atomic mass is 10.1. The number of nitrogens with two attached hydrogens (primary N) is 1. The maximum Gasteiger partial charge on any atom is 0.342 e. The highest BCUT2D eigenvalue weighted by Gasteiger charge is 2.21. The minimum Gasteiger partial charge on any atom is -0.496 e. The standard InChI is InChI=1S/C16H16FNO5S/c1-10(11-3-5-12(17)6-4-11)23-16(19)14-9-13(24(18,20)21)7-8-15(14)22-2/h3-10H,1-2H3,(H2,18,20,21)/t10-/m1/s1. The van der Waals surface area contributed by atoms with Crippen LogP contribution in [-0.2, 0) is 14.8 Å². The van der Waals surface area contributed by atoms with Crippen LogP contribution in [0.3, 0.4) is 0 Å². The van der Waals surface area contributed by atoms with E-state index >= 15 is 0 Å². The fraction of sp³-hybridized carbons (Fsp3) is 0.188. The molecule has 0 saturated heterocycles. The highest BCUT2D eigenvalue weighted by Crippen LogP contribution is 2.26. The summed E-state index contributed by atoms with van der Waals surface area (Å²) in [6.07, 6.45) is -0.666. The first-order chi connectivity index (χ1) is 11.2. The molecule has 6 nitrogen and oxygen atoms in total. The van der Waals surface area contributed by atoms with Crippen LogP contribution in [0.25, 0.3) is 0 Å². The van der Waals surface area contributed by atoms with Crippen LogP contribution < -0.4 is 9.88 Å². The van der Waals surface area contributed by atoms with Crippen molar-refractivity contribution in [1.82, 2.24) is 0 Å². The molecule has 24 heavy (non-hydrogen) atoms. The molecule has 0 aliphatic heterocycles. The number of rotatable bonds is 5. The molecule has 0 spiro atoms. The van der Waals surface area contributed by atoms with E-state index in [0.717, 1.165) is 6.07 Å². The maximum absolute atomic E-state index is 12.9. The summed E-state index contributed by atoms with van der Waals surface area (Å²) in [4.78, 5) is 12.1. The van der Waals surface area contributed by atoms with Crippen molar-refractivity contribution in [3.05, 3.63) is 59.4 Å². The van der Waals surface area contributed by atoms with E-state index < -0.39 is 27.9 Å². The molecule has 8 heteroatoms. The van der Waals surface area contributed by atoms with Crippen LogP contribution >= 0.6 is 0 Å². The molecular weight excluding hydrogens is 337 g/mol. The average molecular weight is 353 g/mol. The van der Waals surface area contributed by atoms with Gasteiger partial charge < -0.3 is 9.47 Å². The van der Waals surface area contributed by atoms with Crippen molar-refractivity contribution < 1.29 is 27.1 Å². The zero-order valence-electron chi connectivity index (χ0n) is 13.0. The molecule has 2 aromatic rings. The Hall–Kier alpha value is -2.45. The SMILES string of the molecule is COc1ccc(S(N)(=O)=O)cc1C(=O)O[C@H](C)c1ccc(F)cc1. The van der Waals surface area contributed by atoms with E-state index in [-0.39, 0.29) is 16.2 Å². The van der Waals surface area contributed by atoms with E-state index in [9.17, 15) is 17.6 Å². The fourth-order valence-corrected chi connectivity index (χ4v) is 2.59. The largest absolute Gasteiger partial charge is 0.496 e. The summed E-state index contributed by atoms with van der Waals surface area (Å²) in [5, 5.41) is 5.07. The lowest BCUT2D eigenvalue weighted by molar-refractivity contribution is 0.0334. The van der Waals surface area contributed by atoms with Gasteiger partial charge in [-0.25, -0.2) is 22.7 Å². The smallest absolute Gasteiger partial charge is 0.342 e. The molecule has 0 unspecified atom stereocenters. The first kappa shape index (κ1) is 17.9. The Morgan fingerprint density at radius 2 is 1.79 bits per heavy atom. The van der Waals surface area contributed by atoms with Gasteiger partial charge in [0, 0.05) is 0 Å². The summed E-state index contributed by atoms with van der Waals surface area (Å²) >= 11 is 0. The van der Waals surface area contributed by atoms with Crippen molar-refractivity contribution in [2.45, 2.75) is 17.9 Å². The second kappa shape index (κ2) is 6.98. The van der Waals surface area contributed by atoms with E-state index in [1.165, 1.54) is 43.5 Å². The topological polar surface area (TPSA) is 95.7 Å². The van der Waals surface area contributed by atoms with Gasteiger partial charge in [0.25, 0.3) is 0 Å². The van der Waals surface area contributed by atoms with E-state index in [0.29, 0.717) is 5.56 Å². The molecule has 0 heterocycles. The van der Waals surface area contributed by atoms with Crippen LogP contribution in [0.4, 0.5) is 4.39 Å². The van der Waals surface area contributed by atoms with Gasteiger partial charge in [-0.3, -0.25) is 0 Å². The minimum absolute atomic E-state index is 0.0713. The van der Waals surface area contributed by atoms with Crippen molar-refractivity contribution in [3.8, 4) is 5.75 Å². The van der Waals surface area contributed by atoms with Gasteiger partial charge in [-0.2, -0.15) is 0 Å². The van der Waals surface area contributed by atoms with Gasteiger partial charge >= 0.3 is 5.97 Å². The van der Waals surface area contributed by atoms with Crippen molar-refractivity contribution in [1.29, 1.82) is 0 Å². The molecule has 0 amide bonds. The normalized spacial score (nSPS) is 12.5. The number of esters is 1. The summed E-state index contributed by atoms with van der Waals surface area (Å²) < 4.78 is 46.2. The Morgan fingerprint density at radius 3 is 2.33 bits per heavy atom. The molecule has 0 aromatic heterocycles. The van der Waals surface area contributed by atoms with Crippen molar-refractivity contribution in [3.63, 3.8) is 0 Å². The third-order valence-electron chi connectivity index (χ3n) is 3.34. The van der Waals surface area contributed by atoms with Crippen LogP contribution in [0, 0.1) is 5.82 Å². The number of benzene rings is 2. The number of carbonyl (C=O) groups is 1. The molecular formula is C16H16FNO5S. The van der Waals surface area contributed by atoms with Gasteiger partial charge in [-0.05, 0) is 42.8 Å². The Balaban J connectivity index is 2.29. The highest BCUT2D eigenvalue weighted by molar-refractivity contribution is 7.89. The second-order valence-corrected chi connectivity index (χ2v) is 6.57. The van der Waals surface area contributed by atoms with Gasteiger partial charge in [0.2, 0.25) is 10.0 Å². The number of hydrogen-bond donors (Lipinski definition) is 1. The third kappa shape index (κ3) is 4.09. The van der Waals surface area contributed by atoms with Crippen LogP contribution in [-0.4, -0.2) is 21.5 Å². The van der Waals surface area contributed by atoms with Gasteiger partial charge in [-0.15, -0.1) is 0 Å². The molecule has 0 radical (unpaired) electrons. The van der Waals surface area contributed by atoms with E-state index in [1.807, 2.05) is 0 Å². The molecule has 128 valence electrons. The summed E-state index contributed by atoms with van der Waals surface area (Å²) in [7, 11) is -2.63. The number of ether oxygens (including phenoxy) is 2. The van der Waals surface area contributed by atoms with E-state index in [1.54, 1.807) is 6.92 Å². The molecule has 0 fully saturated rings. The molecule has 1 atom stereocenters. The Kier molecular flexibility index (Phi) is 5.20. The van der Waals surface area contributed by atoms with Gasteiger partial charge in [-0.1, -0.05) is 12.1 Å². The van der Waals surface area contributed by atoms with Gasteiger partial charge in [0.05, 0.1) is 12.0 Å². The number of methoxy groups -OCH3 is 1. The lowest BCUT2D eigenvalue weighted by Crippen LogP contribution is -2.15. The Morgan fingerprint density at radius 1 is 1.17 bits per heavy atom. The average Bonchev–Trinajstić information content (AvgIpc) is 2.53. The zero-order chi connectivity index (χ0) is 17.9. The number of halogens is 1. The summed E-state index contributed by atoms with van der Waals surface area (Å²) in [5.41, 5.74) is 0.518. The second-order valence-electron chi connectivity index (χ2n) is 5.01. The number of hydrogen-bond acceptors (Lipinski definition) is 5. The molecule has 0 saturated carbocycles. The van der Waals surface area contributed by atoms with Crippen LogP contribution in [0.2, 0.25) is 0 Å². The molecule has 0 aliphatic carbocycles. The highest BCUT2D eigenvalue weighted by atomic mass is 32.2. The summed E-state index contributed by atoms with van der Waals surface area (Å²) in [5.74, 6) is -1.03. The van der Waals surface area contributed by atoms with E-state index in [4.69, 9.17) is 14.6 Å². The third-order valence-corrected chi connectivity index (χ3v) is 4.25. The zero-order valence-corrected chi connectivity index (χ0v) is 13.8. The monoisotopic (exact) mass is 353 g/mol. The van der Waals surface area contributed by atoms with Crippen LogP contribution in [0.5, 0.6) is 5.75 Å². The quantitative estimate of drug-likeness (QED) is 0.833. The lowest BCUT2D eigenvalue weighted by Gasteiger charge is -2.15. The first-order valence-corrected chi connectivity index (χ1v) is 8.44. The molecule has 0 bridgehead atoms. The fourth-order valence-electron chi connectivity index (χ4n) is 2.05. The van der Waals surface area contributed by atoms with Crippen LogP contribution in [0.1, 0.15) is 28.9 Å². The Labute approximate surface area is 139 Å². The number of carbonyl (C=O) groups excluding carboxylic acids is 1. The molecule has 2 N–H and O–H groups in total. The summed E-state index contributed by atoms with van der Waals surface area (Å²) in [6, 6.07) is 9.13. The van der Waals surface area contributed by atoms with Gasteiger partial charge in [0.15, 0.2) is 0 Å². The number of sulfonamides is 1. The van der Waals surface area contributed by atoms with Crippen molar-refractivity contribution >= 4 is 16.0 Å². The first-order valence-electron chi connectivity index (χ1n) is 6.89. The Bertz CT molecular complexity index is 849. The van der Waals surface area contributed by atoms with Crippen LogP contribution in [0.15, 0.2) is 47.4 Å². The van der Waals surface area contributed by atoms with Gasteiger partial charge in [0.1, 0.15) is 23.2 Å². The predicted molar refractivity (Wildman–Crippen MR) is 84.6 cm³/mol. The number of primary sulfonamides is 1. The van der Waals surface area contributed by atoms with E-state index in [2.05, 4.69) is 0 Å². The minimum atomic E-state index is -3.97. The maximum atomic E-state index is 12.9. The molecule has 2 aromatic carbocycles. The van der Waals surface area contributed by atoms with Crippen molar-refractivity contribution in [2.75, 3.05) is 7.11 Å².